The molecule has 0 fully saturated rings. The van der Waals surface area contributed by atoms with E-state index in [0.717, 1.165) is 21.1 Å². The highest BCUT2D eigenvalue weighted by molar-refractivity contribution is 8.08. The van der Waals surface area contributed by atoms with Crippen molar-refractivity contribution in [3.63, 3.8) is 0 Å². The van der Waals surface area contributed by atoms with Gasteiger partial charge in [0.25, 0.3) is 0 Å². The molecule has 0 saturated heterocycles. The Morgan fingerprint density at radius 2 is 1.92 bits per heavy atom. The summed E-state index contributed by atoms with van der Waals surface area (Å²) in [5, 5.41) is 13.7. The maximum absolute atomic E-state index is 11.9. The zero-order chi connectivity index (χ0) is 18.0. The SMILES string of the molecule is COc1ccc([C@@H]2SC(c3cccs3)=C[C@H](N(C)C)[C@H]2[N+](=O)[O-])cc1. The number of benzene rings is 1. The van der Waals surface area contributed by atoms with Crippen molar-refractivity contribution in [2.45, 2.75) is 17.3 Å². The van der Waals surface area contributed by atoms with Crippen molar-refractivity contribution in [2.24, 2.45) is 0 Å². The molecule has 5 nitrogen and oxygen atoms in total. The van der Waals surface area contributed by atoms with Gasteiger partial charge >= 0.3 is 0 Å². The molecule has 2 aromatic rings. The average molecular weight is 377 g/mol. The van der Waals surface area contributed by atoms with E-state index in [0.29, 0.717) is 0 Å². The van der Waals surface area contributed by atoms with Gasteiger partial charge in [0.1, 0.15) is 11.0 Å². The fourth-order valence-electron chi connectivity index (χ4n) is 2.99. The second kappa shape index (κ2) is 7.59. The molecule has 0 N–H and O–H groups in total. The zero-order valence-corrected chi connectivity index (χ0v) is 15.9. The van der Waals surface area contributed by atoms with Crippen LogP contribution in [0.5, 0.6) is 5.75 Å². The summed E-state index contributed by atoms with van der Waals surface area (Å²) in [6.45, 7) is 0. The van der Waals surface area contributed by atoms with Gasteiger partial charge in [-0.05, 0) is 49.3 Å². The van der Waals surface area contributed by atoms with Crippen molar-refractivity contribution in [1.29, 1.82) is 0 Å². The van der Waals surface area contributed by atoms with Crippen molar-refractivity contribution in [3.8, 4) is 5.75 Å². The van der Waals surface area contributed by atoms with Gasteiger partial charge in [-0.3, -0.25) is 15.0 Å². The molecule has 25 heavy (non-hydrogen) atoms. The summed E-state index contributed by atoms with van der Waals surface area (Å²) in [4.78, 5) is 15.9. The summed E-state index contributed by atoms with van der Waals surface area (Å²) in [6, 6.07) is 10.7. The number of rotatable bonds is 5. The molecule has 3 atom stereocenters. The Morgan fingerprint density at radius 3 is 2.44 bits per heavy atom. The summed E-state index contributed by atoms with van der Waals surface area (Å²) in [7, 11) is 5.40. The van der Waals surface area contributed by atoms with Crippen molar-refractivity contribution >= 4 is 28.0 Å². The van der Waals surface area contributed by atoms with Gasteiger partial charge in [0.15, 0.2) is 0 Å². The Kier molecular flexibility index (Phi) is 5.46. The van der Waals surface area contributed by atoms with Crippen LogP contribution in [0.1, 0.15) is 15.7 Å². The molecule has 1 aliphatic rings. The van der Waals surface area contributed by atoms with Gasteiger partial charge in [0, 0.05) is 14.7 Å². The average Bonchev–Trinajstić information content (AvgIpc) is 3.15. The molecular formula is C18H20N2O3S2. The van der Waals surface area contributed by atoms with Crippen LogP contribution in [0.2, 0.25) is 0 Å². The van der Waals surface area contributed by atoms with E-state index in [1.807, 2.05) is 60.8 Å². The predicted octanol–water partition coefficient (Wildman–Crippen LogP) is 4.16. The number of thiophene rings is 1. The van der Waals surface area contributed by atoms with Gasteiger partial charge in [-0.2, -0.15) is 0 Å². The van der Waals surface area contributed by atoms with Crippen LogP contribution < -0.4 is 4.74 Å². The smallest absolute Gasteiger partial charge is 0.247 e. The number of ether oxygens (including phenoxy) is 1. The van der Waals surface area contributed by atoms with Crippen molar-refractivity contribution in [2.75, 3.05) is 21.2 Å². The number of nitrogens with zero attached hydrogens (tertiary/aromatic N) is 2. The van der Waals surface area contributed by atoms with Gasteiger partial charge in [-0.25, -0.2) is 0 Å². The number of methoxy groups -OCH3 is 1. The fraction of sp³-hybridized carbons (Fsp3) is 0.333. The molecule has 0 radical (unpaired) electrons. The maximum atomic E-state index is 11.9. The molecule has 1 aromatic carbocycles. The Morgan fingerprint density at radius 1 is 1.20 bits per heavy atom. The summed E-state index contributed by atoms with van der Waals surface area (Å²) in [5.41, 5.74) is 0.946. The fourth-order valence-corrected chi connectivity index (χ4v) is 5.29. The van der Waals surface area contributed by atoms with Gasteiger partial charge < -0.3 is 4.74 Å². The minimum absolute atomic E-state index is 0.145. The summed E-state index contributed by atoms with van der Waals surface area (Å²) < 4.78 is 5.21. The first-order valence-corrected chi connectivity index (χ1v) is 9.63. The lowest BCUT2D eigenvalue weighted by Crippen LogP contribution is -2.46. The van der Waals surface area contributed by atoms with Crippen LogP contribution in [-0.4, -0.2) is 43.1 Å². The molecule has 0 unspecified atom stereocenters. The van der Waals surface area contributed by atoms with Gasteiger partial charge in [0.05, 0.1) is 13.2 Å². The van der Waals surface area contributed by atoms with Crippen LogP contribution in [0.15, 0.2) is 47.9 Å². The first kappa shape index (κ1) is 18.0. The molecule has 2 heterocycles. The zero-order valence-electron chi connectivity index (χ0n) is 14.3. The quantitative estimate of drug-likeness (QED) is 0.579. The standard InChI is InChI=1S/C18H20N2O3S2/c1-19(2)14-11-16(15-5-4-10-24-15)25-18(17(14)20(21)22)12-6-8-13(23-3)9-7-12/h4-11,14,17-18H,1-3H3/t14-,17+,18-/m0/s1. The number of hydrogen-bond acceptors (Lipinski definition) is 6. The Bertz CT molecular complexity index is 757. The van der Waals surface area contributed by atoms with Gasteiger partial charge in [-0.15, -0.1) is 23.1 Å². The molecule has 1 aliphatic heterocycles. The Hall–Kier alpha value is -1.83. The van der Waals surface area contributed by atoms with Crippen LogP contribution in [0.3, 0.4) is 0 Å². The summed E-state index contributed by atoms with van der Waals surface area (Å²) in [6.07, 6.45) is 2.03. The highest BCUT2D eigenvalue weighted by atomic mass is 32.2. The summed E-state index contributed by atoms with van der Waals surface area (Å²) >= 11 is 3.23. The largest absolute Gasteiger partial charge is 0.497 e. The molecule has 0 spiro atoms. The van der Waals surface area contributed by atoms with Crippen molar-refractivity contribution in [3.05, 3.63) is 68.4 Å². The van der Waals surface area contributed by atoms with E-state index in [9.17, 15) is 10.1 Å². The predicted molar refractivity (Wildman–Crippen MR) is 104 cm³/mol. The number of likely N-dealkylation sites (N-methyl/N-ethyl adjacent to an activating group) is 1. The monoisotopic (exact) mass is 376 g/mol. The van der Waals surface area contributed by atoms with E-state index in [1.165, 1.54) is 0 Å². The van der Waals surface area contributed by atoms with Crippen LogP contribution in [0.25, 0.3) is 4.91 Å². The van der Waals surface area contributed by atoms with E-state index in [1.54, 1.807) is 30.2 Å². The topological polar surface area (TPSA) is 55.6 Å². The first-order chi connectivity index (χ1) is 12.0. The third kappa shape index (κ3) is 3.73. The highest BCUT2D eigenvalue weighted by Crippen LogP contribution is 2.49. The Labute approximate surface area is 155 Å². The lowest BCUT2D eigenvalue weighted by Gasteiger charge is -2.34. The second-order valence-electron chi connectivity index (χ2n) is 6.05. The minimum atomic E-state index is -0.711. The molecule has 0 saturated carbocycles. The van der Waals surface area contributed by atoms with E-state index in [2.05, 4.69) is 6.07 Å². The van der Waals surface area contributed by atoms with Crippen LogP contribution >= 0.6 is 23.1 Å². The highest BCUT2D eigenvalue weighted by Gasteiger charge is 2.44. The normalized spacial score (nSPS) is 23.4. The van der Waals surface area contributed by atoms with E-state index < -0.39 is 6.04 Å². The molecule has 3 rings (SSSR count). The second-order valence-corrected chi connectivity index (χ2v) is 8.18. The molecule has 0 bridgehead atoms. The van der Waals surface area contributed by atoms with E-state index in [4.69, 9.17) is 4.74 Å². The third-order valence-corrected chi connectivity index (χ3v) is 6.73. The van der Waals surface area contributed by atoms with Crippen LogP contribution in [-0.2, 0) is 0 Å². The molecule has 132 valence electrons. The minimum Gasteiger partial charge on any atom is -0.497 e. The van der Waals surface area contributed by atoms with E-state index >= 15 is 0 Å². The Balaban J connectivity index is 2.04. The van der Waals surface area contributed by atoms with Crippen LogP contribution in [0.4, 0.5) is 0 Å². The van der Waals surface area contributed by atoms with Gasteiger partial charge in [0.2, 0.25) is 6.04 Å². The summed E-state index contributed by atoms with van der Waals surface area (Å²) in [5.74, 6) is 0.750. The molecular weight excluding hydrogens is 356 g/mol. The molecule has 0 aliphatic carbocycles. The first-order valence-electron chi connectivity index (χ1n) is 7.87. The van der Waals surface area contributed by atoms with Crippen molar-refractivity contribution < 1.29 is 9.66 Å². The maximum Gasteiger partial charge on any atom is 0.247 e. The van der Waals surface area contributed by atoms with Gasteiger partial charge in [-0.1, -0.05) is 18.2 Å². The lowest BCUT2D eigenvalue weighted by atomic mass is 9.97. The molecule has 1 aromatic heterocycles. The number of hydrogen-bond donors (Lipinski definition) is 0. The number of thioether (sulfide) groups is 1. The molecule has 0 amide bonds. The van der Waals surface area contributed by atoms with Crippen molar-refractivity contribution in [1.82, 2.24) is 4.90 Å². The third-order valence-electron chi connectivity index (χ3n) is 4.28. The lowest BCUT2D eigenvalue weighted by molar-refractivity contribution is -0.528. The van der Waals surface area contributed by atoms with E-state index in [-0.39, 0.29) is 16.2 Å². The van der Waals surface area contributed by atoms with Crippen LogP contribution in [0, 0.1) is 10.1 Å². The number of nitro groups is 1. The molecule has 7 heteroatoms.